The number of nitrogens with zero attached hydrogens (tertiary/aromatic N) is 2. The molecule has 2 amide bonds. The Morgan fingerprint density at radius 3 is 2.63 bits per heavy atom. The highest BCUT2D eigenvalue weighted by molar-refractivity contribution is 6.04. The summed E-state index contributed by atoms with van der Waals surface area (Å²) in [6, 6.07) is 16.4. The van der Waals surface area contributed by atoms with Crippen LogP contribution in [0.15, 0.2) is 60.8 Å². The minimum Gasteiger partial charge on any atom is -0.496 e. The number of carbonyl (C=O) groups is 2. The number of hydrogen-bond acceptors (Lipinski definition) is 5. The van der Waals surface area contributed by atoms with E-state index in [-0.39, 0.29) is 12.5 Å². The van der Waals surface area contributed by atoms with E-state index < -0.39 is 12.1 Å². The first kappa shape index (κ1) is 23.1. The van der Waals surface area contributed by atoms with E-state index in [0.29, 0.717) is 41.8 Å². The summed E-state index contributed by atoms with van der Waals surface area (Å²) in [5.74, 6) is 1.35. The van der Waals surface area contributed by atoms with Crippen LogP contribution in [0.4, 0.5) is 10.5 Å². The maximum Gasteiger partial charge on any atom is 0.410 e. The van der Waals surface area contributed by atoms with E-state index in [2.05, 4.69) is 10.3 Å². The Balaban J connectivity index is 1.37. The third-order valence-corrected chi connectivity index (χ3v) is 7.35. The molecular weight excluding hydrogens is 442 g/mol. The summed E-state index contributed by atoms with van der Waals surface area (Å²) in [5.41, 5.74) is 2.18. The first-order valence-electron chi connectivity index (χ1n) is 12.3. The second kappa shape index (κ2) is 10.3. The number of ether oxygens (including phenoxy) is 2. The van der Waals surface area contributed by atoms with Crippen molar-refractivity contribution in [3.8, 4) is 5.75 Å². The summed E-state index contributed by atoms with van der Waals surface area (Å²) in [7, 11) is 1.61. The Morgan fingerprint density at radius 1 is 1.03 bits per heavy atom. The van der Waals surface area contributed by atoms with Gasteiger partial charge in [-0.15, -0.1) is 0 Å². The largest absolute Gasteiger partial charge is 0.496 e. The molecule has 2 aliphatic rings. The molecule has 5 rings (SSSR count). The van der Waals surface area contributed by atoms with Crippen molar-refractivity contribution in [3.63, 3.8) is 0 Å². The van der Waals surface area contributed by atoms with Crippen molar-refractivity contribution in [3.05, 3.63) is 66.4 Å². The van der Waals surface area contributed by atoms with Crippen LogP contribution in [0.2, 0.25) is 0 Å². The zero-order valence-corrected chi connectivity index (χ0v) is 20.0. The standard InChI is InChI=1S/C28H31N3O4/c1-34-25-14-13-23(26-22(25)12-7-15-29-26)30-27(32)24-16-20-10-5-6-11-21(20)17-31(24)28(33)35-18-19-8-3-2-4-9-19/h2-4,7-9,12-15,20-21,24H,5-6,10-11,16-18H2,1H3,(H,30,32)/t20-,21+,24+/m1/s1. The molecule has 0 bridgehead atoms. The maximum atomic E-state index is 13.6. The lowest BCUT2D eigenvalue weighted by molar-refractivity contribution is -0.124. The Labute approximate surface area is 205 Å². The molecule has 2 fully saturated rings. The molecule has 3 aromatic rings. The van der Waals surface area contributed by atoms with Crippen molar-refractivity contribution in [2.24, 2.45) is 11.8 Å². The Kier molecular flexibility index (Phi) is 6.84. The first-order valence-corrected chi connectivity index (χ1v) is 12.3. The number of pyridine rings is 1. The van der Waals surface area contributed by atoms with Crippen molar-refractivity contribution >= 4 is 28.6 Å². The number of nitrogens with one attached hydrogen (secondary N) is 1. The Bertz CT molecular complexity index is 1200. The quantitative estimate of drug-likeness (QED) is 0.537. The third-order valence-electron chi connectivity index (χ3n) is 7.35. The molecule has 0 spiro atoms. The molecule has 7 nitrogen and oxygen atoms in total. The number of likely N-dealkylation sites (tertiary alicyclic amines) is 1. The van der Waals surface area contributed by atoms with Gasteiger partial charge in [-0.1, -0.05) is 49.6 Å². The zero-order valence-electron chi connectivity index (χ0n) is 20.0. The van der Waals surface area contributed by atoms with Crippen molar-refractivity contribution < 1.29 is 19.1 Å². The number of amides is 2. The van der Waals surface area contributed by atoms with Gasteiger partial charge in [-0.25, -0.2) is 4.79 Å². The lowest BCUT2D eigenvalue weighted by Gasteiger charge is -2.44. The highest BCUT2D eigenvalue weighted by atomic mass is 16.6. The van der Waals surface area contributed by atoms with Crippen LogP contribution in [0.25, 0.3) is 10.9 Å². The van der Waals surface area contributed by atoms with E-state index in [0.717, 1.165) is 23.8 Å². The normalized spacial score (nSPS) is 21.7. The van der Waals surface area contributed by atoms with Gasteiger partial charge in [-0.3, -0.25) is 14.7 Å². The monoisotopic (exact) mass is 473 g/mol. The van der Waals surface area contributed by atoms with E-state index in [1.807, 2.05) is 48.5 Å². The van der Waals surface area contributed by atoms with Crippen molar-refractivity contribution in [2.45, 2.75) is 44.8 Å². The predicted molar refractivity (Wildman–Crippen MR) is 134 cm³/mol. The van der Waals surface area contributed by atoms with Crippen LogP contribution < -0.4 is 10.1 Å². The van der Waals surface area contributed by atoms with Crippen LogP contribution >= 0.6 is 0 Å². The third kappa shape index (κ3) is 4.94. The number of rotatable bonds is 5. The van der Waals surface area contributed by atoms with Crippen LogP contribution in [0.3, 0.4) is 0 Å². The van der Waals surface area contributed by atoms with E-state index >= 15 is 0 Å². The van der Waals surface area contributed by atoms with E-state index in [4.69, 9.17) is 9.47 Å². The molecule has 0 radical (unpaired) electrons. The van der Waals surface area contributed by atoms with E-state index in [1.165, 1.54) is 12.8 Å². The van der Waals surface area contributed by atoms with Gasteiger partial charge in [0.25, 0.3) is 0 Å². The fourth-order valence-corrected chi connectivity index (χ4v) is 5.52. The van der Waals surface area contributed by atoms with Gasteiger partial charge in [0.2, 0.25) is 5.91 Å². The molecule has 0 unspecified atom stereocenters. The molecule has 1 aliphatic heterocycles. The smallest absolute Gasteiger partial charge is 0.410 e. The van der Waals surface area contributed by atoms with Crippen molar-refractivity contribution in [2.75, 3.05) is 19.0 Å². The highest BCUT2D eigenvalue weighted by Gasteiger charge is 2.42. The van der Waals surface area contributed by atoms with Crippen LogP contribution in [0, 0.1) is 11.8 Å². The second-order valence-corrected chi connectivity index (χ2v) is 9.45. The molecular formula is C28H31N3O4. The highest BCUT2D eigenvalue weighted by Crippen LogP contribution is 2.39. The van der Waals surface area contributed by atoms with Gasteiger partial charge in [-0.2, -0.15) is 0 Å². The summed E-state index contributed by atoms with van der Waals surface area (Å²) >= 11 is 0. The number of fused-ring (bicyclic) bond motifs is 2. The van der Waals surface area contributed by atoms with Crippen molar-refractivity contribution in [1.82, 2.24) is 9.88 Å². The molecule has 1 aromatic heterocycles. The van der Waals surface area contributed by atoms with Gasteiger partial charge in [0.1, 0.15) is 18.4 Å². The summed E-state index contributed by atoms with van der Waals surface area (Å²) < 4.78 is 11.1. The molecule has 2 heterocycles. The average Bonchev–Trinajstić information content (AvgIpc) is 2.91. The SMILES string of the molecule is COc1ccc(NC(=O)[C@@H]2C[C@H]3CCCC[C@H]3CN2C(=O)OCc2ccccc2)c2ncccc12. The molecule has 2 aromatic carbocycles. The van der Waals surface area contributed by atoms with Gasteiger partial charge < -0.3 is 14.8 Å². The summed E-state index contributed by atoms with van der Waals surface area (Å²) in [4.78, 5) is 32.9. The van der Waals surface area contributed by atoms with Gasteiger partial charge in [0.05, 0.1) is 18.3 Å². The van der Waals surface area contributed by atoms with Crippen LogP contribution in [-0.4, -0.2) is 41.6 Å². The topological polar surface area (TPSA) is 80.8 Å². The molecule has 1 N–H and O–H groups in total. The van der Waals surface area contributed by atoms with E-state index in [9.17, 15) is 9.59 Å². The lowest BCUT2D eigenvalue weighted by atomic mass is 9.73. The molecule has 1 saturated heterocycles. The lowest BCUT2D eigenvalue weighted by Crippen LogP contribution is -2.55. The predicted octanol–water partition coefficient (Wildman–Crippen LogP) is 5.40. The first-order chi connectivity index (χ1) is 17.1. The number of methoxy groups -OCH3 is 1. The molecule has 35 heavy (non-hydrogen) atoms. The summed E-state index contributed by atoms with van der Waals surface area (Å²) in [5, 5.41) is 3.88. The molecule has 182 valence electrons. The van der Waals surface area contributed by atoms with Crippen molar-refractivity contribution in [1.29, 1.82) is 0 Å². The molecule has 1 aliphatic carbocycles. The average molecular weight is 474 g/mol. The number of piperidine rings is 1. The Morgan fingerprint density at radius 2 is 1.83 bits per heavy atom. The fraction of sp³-hybridized carbons (Fsp3) is 0.393. The minimum absolute atomic E-state index is 0.186. The van der Waals surface area contributed by atoms with Gasteiger partial charge in [0.15, 0.2) is 0 Å². The van der Waals surface area contributed by atoms with Crippen LogP contribution in [-0.2, 0) is 16.1 Å². The Hall–Kier alpha value is -3.61. The number of hydrogen-bond donors (Lipinski definition) is 1. The van der Waals surface area contributed by atoms with Crippen LogP contribution in [0.5, 0.6) is 5.75 Å². The number of anilines is 1. The molecule has 3 atom stereocenters. The van der Waals surface area contributed by atoms with Crippen LogP contribution in [0.1, 0.15) is 37.7 Å². The summed E-state index contributed by atoms with van der Waals surface area (Å²) in [6.45, 7) is 0.740. The van der Waals surface area contributed by atoms with Gasteiger partial charge in [0, 0.05) is 18.1 Å². The second-order valence-electron chi connectivity index (χ2n) is 9.45. The number of aromatic nitrogens is 1. The maximum absolute atomic E-state index is 13.6. The number of carbonyl (C=O) groups excluding carboxylic acids is 2. The van der Waals surface area contributed by atoms with Gasteiger partial charge in [-0.05, 0) is 54.5 Å². The molecule has 1 saturated carbocycles. The van der Waals surface area contributed by atoms with Gasteiger partial charge >= 0.3 is 6.09 Å². The summed E-state index contributed by atoms with van der Waals surface area (Å²) in [6.07, 6.45) is 6.46. The zero-order chi connectivity index (χ0) is 24.2. The van der Waals surface area contributed by atoms with E-state index in [1.54, 1.807) is 24.3 Å². The fourth-order valence-electron chi connectivity index (χ4n) is 5.52. The number of benzene rings is 2. The minimum atomic E-state index is -0.585. The molecule has 7 heteroatoms.